The first-order valence-electron chi connectivity index (χ1n) is 7.79. The normalized spacial score (nSPS) is 12.6. The Morgan fingerprint density at radius 1 is 0.905 bits per heavy atom. The average Bonchev–Trinajstić information content (AvgIpc) is 2.49. The highest BCUT2D eigenvalue weighted by atomic mass is 35.5. The van der Waals surface area contributed by atoms with Gasteiger partial charge in [0.15, 0.2) is 0 Å². The van der Waals surface area contributed by atoms with Crippen LogP contribution < -0.4 is 0 Å². The molecule has 0 saturated carbocycles. The Hall–Kier alpha value is -1.27. The topological polar surface area (TPSA) is 0 Å². The number of aryl methyl sites for hydroxylation is 1. The van der Waals surface area contributed by atoms with Crippen molar-refractivity contribution in [2.75, 3.05) is 5.88 Å². The molecule has 0 aliphatic rings. The number of hydrogen-bond acceptors (Lipinski definition) is 0. The van der Waals surface area contributed by atoms with E-state index in [1.807, 2.05) is 0 Å². The molecule has 0 saturated heterocycles. The van der Waals surface area contributed by atoms with Crippen LogP contribution in [0.25, 0.3) is 0 Å². The van der Waals surface area contributed by atoms with Gasteiger partial charge in [0.25, 0.3) is 0 Å². The largest absolute Gasteiger partial charge is 0.126 e. The van der Waals surface area contributed by atoms with Crippen molar-refractivity contribution in [3.05, 3.63) is 70.8 Å². The molecule has 0 heterocycles. The van der Waals surface area contributed by atoms with Gasteiger partial charge in [-0.25, -0.2) is 0 Å². The quantitative estimate of drug-likeness (QED) is 0.595. The van der Waals surface area contributed by atoms with Crippen LogP contribution in [0.15, 0.2) is 48.5 Å². The van der Waals surface area contributed by atoms with Gasteiger partial charge in [0, 0.05) is 5.88 Å². The lowest BCUT2D eigenvalue weighted by Crippen LogP contribution is -2.11. The molecule has 2 aromatic carbocycles. The molecule has 2 aromatic rings. The number of rotatable bonds is 6. The van der Waals surface area contributed by atoms with Crippen molar-refractivity contribution in [2.24, 2.45) is 5.92 Å². The highest BCUT2D eigenvalue weighted by molar-refractivity contribution is 6.18. The molecule has 1 heteroatoms. The van der Waals surface area contributed by atoms with Crippen LogP contribution >= 0.6 is 11.6 Å². The summed E-state index contributed by atoms with van der Waals surface area (Å²) >= 11 is 6.20. The van der Waals surface area contributed by atoms with Gasteiger partial charge < -0.3 is 0 Å². The van der Waals surface area contributed by atoms with E-state index in [4.69, 9.17) is 11.6 Å². The summed E-state index contributed by atoms with van der Waals surface area (Å²) in [4.78, 5) is 0. The molecule has 0 aliphatic carbocycles. The third-order valence-electron chi connectivity index (χ3n) is 4.16. The van der Waals surface area contributed by atoms with Crippen LogP contribution in [0.5, 0.6) is 0 Å². The van der Waals surface area contributed by atoms with Crippen LogP contribution in [0.1, 0.15) is 42.0 Å². The fourth-order valence-corrected chi connectivity index (χ4v) is 2.92. The molecule has 0 aliphatic heterocycles. The maximum absolute atomic E-state index is 6.20. The number of alkyl halides is 1. The Labute approximate surface area is 134 Å². The Bertz CT molecular complexity index is 554. The molecule has 0 N–H and O–H groups in total. The minimum absolute atomic E-state index is 0.498. The predicted molar refractivity (Wildman–Crippen MR) is 93.3 cm³/mol. The van der Waals surface area contributed by atoms with Gasteiger partial charge in [-0.05, 0) is 53.9 Å². The zero-order valence-corrected chi connectivity index (χ0v) is 14.0. The molecule has 0 fully saturated rings. The second-order valence-corrected chi connectivity index (χ2v) is 6.56. The number of benzene rings is 2. The van der Waals surface area contributed by atoms with E-state index in [9.17, 15) is 0 Å². The molecular weight excluding hydrogens is 276 g/mol. The first-order chi connectivity index (χ1) is 10.1. The summed E-state index contributed by atoms with van der Waals surface area (Å²) in [6.45, 7) is 6.64. The fourth-order valence-electron chi connectivity index (χ4n) is 2.70. The smallest absolute Gasteiger partial charge is 0.0258 e. The van der Waals surface area contributed by atoms with E-state index in [1.54, 1.807) is 0 Å². The Kier molecular flexibility index (Phi) is 5.87. The molecule has 21 heavy (non-hydrogen) atoms. The van der Waals surface area contributed by atoms with Crippen LogP contribution in [0, 0.1) is 12.8 Å². The fraction of sp³-hybridized carbons (Fsp3) is 0.400. The molecule has 112 valence electrons. The van der Waals surface area contributed by atoms with Crippen LogP contribution in [0.3, 0.4) is 0 Å². The van der Waals surface area contributed by atoms with Gasteiger partial charge in [-0.1, -0.05) is 62.4 Å². The first-order valence-corrected chi connectivity index (χ1v) is 8.33. The molecule has 1 unspecified atom stereocenters. The van der Waals surface area contributed by atoms with Crippen molar-refractivity contribution >= 4 is 11.6 Å². The van der Waals surface area contributed by atoms with Crippen LogP contribution in [-0.4, -0.2) is 5.88 Å². The second kappa shape index (κ2) is 7.66. The summed E-state index contributed by atoms with van der Waals surface area (Å²) in [5, 5.41) is 0. The molecule has 0 nitrogen and oxygen atoms in total. The molecular formula is C20H25Cl. The summed E-state index contributed by atoms with van der Waals surface area (Å²) in [5.41, 5.74) is 5.57. The van der Waals surface area contributed by atoms with Crippen LogP contribution in [0.4, 0.5) is 0 Å². The van der Waals surface area contributed by atoms with Crippen molar-refractivity contribution < 1.29 is 0 Å². The summed E-state index contributed by atoms with van der Waals surface area (Å²) in [6, 6.07) is 17.6. The number of hydrogen-bond donors (Lipinski definition) is 0. The summed E-state index contributed by atoms with van der Waals surface area (Å²) in [7, 11) is 0. The van der Waals surface area contributed by atoms with Gasteiger partial charge in [-0.3, -0.25) is 0 Å². The van der Waals surface area contributed by atoms with E-state index in [0.717, 1.165) is 12.8 Å². The van der Waals surface area contributed by atoms with E-state index < -0.39 is 0 Å². The predicted octanol–water partition coefficient (Wildman–Crippen LogP) is 5.76. The highest BCUT2D eigenvalue weighted by Gasteiger charge is 2.11. The van der Waals surface area contributed by atoms with Crippen LogP contribution in [0.2, 0.25) is 0 Å². The molecule has 2 rings (SSSR count). The lowest BCUT2D eigenvalue weighted by molar-refractivity contribution is 0.582. The van der Waals surface area contributed by atoms with Gasteiger partial charge in [0.1, 0.15) is 0 Å². The summed E-state index contributed by atoms with van der Waals surface area (Å²) < 4.78 is 0. The number of halogens is 1. The maximum atomic E-state index is 6.20. The second-order valence-electron chi connectivity index (χ2n) is 6.25. The molecule has 0 radical (unpaired) electrons. The van der Waals surface area contributed by atoms with Crippen LogP contribution in [-0.2, 0) is 12.8 Å². The zero-order valence-electron chi connectivity index (χ0n) is 13.3. The Morgan fingerprint density at radius 2 is 1.57 bits per heavy atom. The maximum Gasteiger partial charge on any atom is 0.0258 e. The summed E-state index contributed by atoms with van der Waals surface area (Å²) in [6.07, 6.45) is 2.11. The molecule has 0 aromatic heterocycles. The third-order valence-corrected chi connectivity index (χ3v) is 4.60. The highest BCUT2D eigenvalue weighted by Crippen LogP contribution is 2.20. The van der Waals surface area contributed by atoms with Crippen molar-refractivity contribution in [1.29, 1.82) is 0 Å². The van der Waals surface area contributed by atoms with E-state index in [0.29, 0.717) is 17.7 Å². The average molecular weight is 301 g/mol. The van der Waals surface area contributed by atoms with Gasteiger partial charge in [0.2, 0.25) is 0 Å². The van der Waals surface area contributed by atoms with Gasteiger partial charge in [0.05, 0.1) is 0 Å². The molecule has 0 spiro atoms. The standard InChI is InChI=1S/C20H25Cl/c1-15(2)19-10-8-17(9-11-19)12-18(14-21)13-20-7-5-4-6-16(20)3/h4-11,15,18H,12-14H2,1-3H3. The van der Waals surface area contributed by atoms with Crippen molar-refractivity contribution in [3.8, 4) is 0 Å². The van der Waals surface area contributed by atoms with Gasteiger partial charge in [-0.2, -0.15) is 0 Å². The Morgan fingerprint density at radius 3 is 2.14 bits per heavy atom. The third kappa shape index (κ3) is 4.61. The SMILES string of the molecule is Cc1ccccc1CC(CCl)Cc1ccc(C(C)C)cc1. The van der Waals surface area contributed by atoms with E-state index in [1.165, 1.54) is 22.3 Å². The van der Waals surface area contributed by atoms with Crippen molar-refractivity contribution in [2.45, 2.75) is 39.5 Å². The van der Waals surface area contributed by atoms with Gasteiger partial charge >= 0.3 is 0 Å². The minimum Gasteiger partial charge on any atom is -0.126 e. The monoisotopic (exact) mass is 300 g/mol. The Balaban J connectivity index is 2.03. The first kappa shape index (κ1) is 16.1. The molecule has 1 atom stereocenters. The summed E-state index contributed by atoms with van der Waals surface area (Å²) in [5.74, 6) is 1.80. The minimum atomic E-state index is 0.498. The van der Waals surface area contributed by atoms with E-state index in [2.05, 4.69) is 69.3 Å². The molecule has 0 bridgehead atoms. The zero-order chi connectivity index (χ0) is 15.2. The van der Waals surface area contributed by atoms with E-state index >= 15 is 0 Å². The molecule has 0 amide bonds. The lowest BCUT2D eigenvalue weighted by Gasteiger charge is -2.16. The van der Waals surface area contributed by atoms with Gasteiger partial charge in [-0.15, -0.1) is 11.6 Å². The lowest BCUT2D eigenvalue weighted by atomic mass is 9.91. The van der Waals surface area contributed by atoms with Crippen molar-refractivity contribution in [3.63, 3.8) is 0 Å². The van der Waals surface area contributed by atoms with E-state index in [-0.39, 0.29) is 0 Å². The van der Waals surface area contributed by atoms with Crippen molar-refractivity contribution in [1.82, 2.24) is 0 Å².